The van der Waals surface area contributed by atoms with Gasteiger partial charge in [-0.3, -0.25) is 0 Å². The molecule has 1 nitrogen and oxygen atoms in total. The van der Waals surface area contributed by atoms with Crippen molar-refractivity contribution in [2.45, 2.75) is 32.6 Å². The van der Waals surface area contributed by atoms with Crippen molar-refractivity contribution in [2.24, 2.45) is 0 Å². The van der Waals surface area contributed by atoms with Gasteiger partial charge in [0.25, 0.3) is 0 Å². The summed E-state index contributed by atoms with van der Waals surface area (Å²) in [5.74, 6) is 1.24. The van der Waals surface area contributed by atoms with Gasteiger partial charge < -0.3 is 4.74 Å². The monoisotopic (exact) mass is 342 g/mol. The van der Waals surface area contributed by atoms with Crippen LogP contribution < -0.4 is 4.74 Å². The van der Waals surface area contributed by atoms with E-state index in [2.05, 4.69) is 6.92 Å². The molecule has 0 atom stereocenters. The van der Waals surface area contributed by atoms with Gasteiger partial charge in [-0.25, -0.2) is 0 Å². The van der Waals surface area contributed by atoms with Crippen LogP contribution in [0.25, 0.3) is 0 Å². The van der Waals surface area contributed by atoms with E-state index in [1.807, 2.05) is 18.2 Å². The quantitative estimate of drug-likeness (QED) is 0.505. The number of halogens is 3. The molecule has 0 amide bonds. The van der Waals surface area contributed by atoms with Gasteiger partial charge in [-0.2, -0.15) is 0 Å². The smallest absolute Gasteiger partial charge is 0.149 e. The summed E-state index contributed by atoms with van der Waals surface area (Å²) in [6, 6.07) is 11.0. The first kappa shape index (κ1) is 16.5. The van der Waals surface area contributed by atoms with Gasteiger partial charge in [-0.05, 0) is 42.7 Å². The number of hydrogen-bond acceptors (Lipinski definition) is 1. The summed E-state index contributed by atoms with van der Waals surface area (Å²) in [7, 11) is 0. The molecule has 0 aliphatic carbocycles. The number of ether oxygens (including phenoxy) is 1. The lowest BCUT2D eigenvalue weighted by Crippen LogP contribution is -1.94. The molecule has 0 aliphatic rings. The highest BCUT2D eigenvalue weighted by Crippen LogP contribution is 2.37. The molecule has 2 aromatic rings. The van der Waals surface area contributed by atoms with Crippen LogP contribution in [0.15, 0.2) is 36.4 Å². The average molecular weight is 344 g/mol. The second-order valence-corrected chi connectivity index (χ2v) is 6.11. The zero-order valence-electron chi connectivity index (χ0n) is 11.8. The number of para-hydroxylation sites is 1. The highest BCUT2D eigenvalue weighted by atomic mass is 35.5. The van der Waals surface area contributed by atoms with Gasteiger partial charge in [0.05, 0.1) is 10.0 Å². The van der Waals surface area contributed by atoms with Crippen LogP contribution in [0.5, 0.6) is 11.5 Å². The van der Waals surface area contributed by atoms with Crippen LogP contribution >= 0.6 is 34.8 Å². The van der Waals surface area contributed by atoms with E-state index in [1.165, 1.54) is 12.8 Å². The molecular weight excluding hydrogens is 327 g/mol. The molecule has 21 heavy (non-hydrogen) atoms. The second-order valence-electron chi connectivity index (χ2n) is 4.86. The van der Waals surface area contributed by atoms with E-state index >= 15 is 0 Å². The summed E-state index contributed by atoms with van der Waals surface area (Å²) < 4.78 is 5.93. The number of benzene rings is 2. The minimum Gasteiger partial charge on any atom is -0.454 e. The minimum atomic E-state index is 0.474. The molecule has 4 heteroatoms. The highest BCUT2D eigenvalue weighted by molar-refractivity contribution is 6.35. The summed E-state index contributed by atoms with van der Waals surface area (Å²) in [6.07, 6.45) is 4.42. The lowest BCUT2D eigenvalue weighted by molar-refractivity contribution is 0.475. The van der Waals surface area contributed by atoms with Crippen molar-refractivity contribution in [3.8, 4) is 11.5 Å². The maximum atomic E-state index is 6.28. The third-order valence-corrected chi connectivity index (χ3v) is 4.03. The molecule has 0 heterocycles. The van der Waals surface area contributed by atoms with E-state index < -0.39 is 0 Å². The summed E-state index contributed by atoms with van der Waals surface area (Å²) in [5.41, 5.74) is 1.10. The van der Waals surface area contributed by atoms with Gasteiger partial charge in [-0.1, -0.05) is 66.7 Å². The van der Waals surface area contributed by atoms with E-state index in [9.17, 15) is 0 Å². The van der Waals surface area contributed by atoms with Crippen molar-refractivity contribution in [2.75, 3.05) is 0 Å². The molecule has 0 aromatic heterocycles. The van der Waals surface area contributed by atoms with E-state index in [1.54, 1.807) is 18.2 Å². The third-order valence-electron chi connectivity index (χ3n) is 3.20. The zero-order chi connectivity index (χ0) is 15.2. The van der Waals surface area contributed by atoms with Crippen LogP contribution in [-0.4, -0.2) is 0 Å². The predicted molar refractivity (Wildman–Crippen MR) is 91.2 cm³/mol. The Labute approximate surface area is 140 Å². The molecule has 0 unspecified atom stereocenters. The van der Waals surface area contributed by atoms with Crippen LogP contribution in [0.2, 0.25) is 15.1 Å². The Morgan fingerprint density at radius 1 is 0.952 bits per heavy atom. The molecule has 0 radical (unpaired) electrons. The van der Waals surface area contributed by atoms with Crippen LogP contribution in [-0.2, 0) is 6.42 Å². The average Bonchev–Trinajstić information content (AvgIpc) is 2.45. The molecule has 0 saturated carbocycles. The predicted octanol–water partition coefficient (Wildman–Crippen LogP) is 7.17. The van der Waals surface area contributed by atoms with Crippen molar-refractivity contribution < 1.29 is 4.74 Å². The van der Waals surface area contributed by atoms with Gasteiger partial charge in [-0.15, -0.1) is 0 Å². The molecule has 0 spiro atoms. The van der Waals surface area contributed by atoms with E-state index in [0.29, 0.717) is 26.6 Å². The molecule has 0 fully saturated rings. The van der Waals surface area contributed by atoms with Crippen LogP contribution in [0, 0.1) is 0 Å². The Morgan fingerprint density at radius 3 is 2.48 bits per heavy atom. The first-order valence-electron chi connectivity index (χ1n) is 7.02. The first-order valence-corrected chi connectivity index (χ1v) is 8.15. The Balaban J connectivity index is 2.25. The van der Waals surface area contributed by atoms with Gasteiger partial charge in [0.2, 0.25) is 0 Å². The Bertz CT molecular complexity index is 611. The SMILES string of the molecule is CCCCCc1cccc(Cl)c1Oc1ccc(Cl)cc1Cl. The number of hydrogen-bond donors (Lipinski definition) is 0. The molecular formula is C17H17Cl3O. The molecule has 2 rings (SSSR count). The lowest BCUT2D eigenvalue weighted by atomic mass is 10.1. The zero-order valence-corrected chi connectivity index (χ0v) is 14.1. The fourth-order valence-corrected chi connectivity index (χ4v) is 2.78. The second kappa shape index (κ2) is 7.93. The van der Waals surface area contributed by atoms with Crippen molar-refractivity contribution in [3.63, 3.8) is 0 Å². The summed E-state index contributed by atoms with van der Waals surface area (Å²) in [4.78, 5) is 0. The highest BCUT2D eigenvalue weighted by Gasteiger charge is 2.11. The molecule has 0 N–H and O–H groups in total. The molecule has 0 bridgehead atoms. The summed E-state index contributed by atoms with van der Waals surface area (Å²) >= 11 is 18.3. The standard InChI is InChI=1S/C17H17Cl3O/c1-2-3-4-6-12-7-5-8-14(19)17(12)21-16-10-9-13(18)11-15(16)20/h5,7-11H,2-4,6H2,1H3. The number of aryl methyl sites for hydroxylation is 1. The van der Waals surface area contributed by atoms with Gasteiger partial charge >= 0.3 is 0 Å². The fraction of sp³-hybridized carbons (Fsp3) is 0.294. The Hall–Kier alpha value is -0.890. The molecule has 0 saturated heterocycles. The van der Waals surface area contributed by atoms with E-state index in [-0.39, 0.29) is 0 Å². The largest absolute Gasteiger partial charge is 0.454 e. The fourth-order valence-electron chi connectivity index (χ4n) is 2.10. The summed E-state index contributed by atoms with van der Waals surface area (Å²) in [5, 5.41) is 1.65. The van der Waals surface area contributed by atoms with Crippen LogP contribution in [0.1, 0.15) is 31.7 Å². The van der Waals surface area contributed by atoms with Crippen molar-refractivity contribution in [1.29, 1.82) is 0 Å². The van der Waals surface area contributed by atoms with Gasteiger partial charge in [0, 0.05) is 5.02 Å². The molecule has 2 aromatic carbocycles. The summed E-state index contributed by atoms with van der Waals surface area (Å²) in [6.45, 7) is 2.18. The first-order chi connectivity index (χ1) is 10.1. The van der Waals surface area contributed by atoms with Crippen molar-refractivity contribution >= 4 is 34.8 Å². The van der Waals surface area contributed by atoms with Gasteiger partial charge in [0.15, 0.2) is 0 Å². The van der Waals surface area contributed by atoms with E-state index in [0.717, 1.165) is 18.4 Å². The van der Waals surface area contributed by atoms with Crippen molar-refractivity contribution in [1.82, 2.24) is 0 Å². The number of unbranched alkanes of at least 4 members (excludes halogenated alkanes) is 2. The molecule has 0 aliphatic heterocycles. The van der Waals surface area contributed by atoms with Crippen LogP contribution in [0.3, 0.4) is 0 Å². The Morgan fingerprint density at radius 2 is 1.76 bits per heavy atom. The van der Waals surface area contributed by atoms with Gasteiger partial charge in [0.1, 0.15) is 11.5 Å². The maximum Gasteiger partial charge on any atom is 0.149 e. The maximum absolute atomic E-state index is 6.28. The van der Waals surface area contributed by atoms with Crippen LogP contribution in [0.4, 0.5) is 0 Å². The topological polar surface area (TPSA) is 9.23 Å². The van der Waals surface area contributed by atoms with Crippen molar-refractivity contribution in [3.05, 3.63) is 57.0 Å². The Kier molecular flexibility index (Phi) is 6.22. The van der Waals surface area contributed by atoms with E-state index in [4.69, 9.17) is 39.5 Å². The normalized spacial score (nSPS) is 10.7. The lowest BCUT2D eigenvalue weighted by Gasteiger charge is -2.14. The number of rotatable bonds is 6. The molecule has 112 valence electrons. The minimum absolute atomic E-state index is 0.474. The third kappa shape index (κ3) is 4.54.